The van der Waals surface area contributed by atoms with Gasteiger partial charge in [-0.2, -0.15) is 0 Å². The summed E-state index contributed by atoms with van der Waals surface area (Å²) < 4.78 is 0. The molecule has 1 amide bonds. The lowest BCUT2D eigenvalue weighted by Crippen LogP contribution is -2.51. The van der Waals surface area contributed by atoms with Gasteiger partial charge in [0.15, 0.2) is 0 Å². The smallest absolute Gasteiger partial charge is 0.225 e. The van der Waals surface area contributed by atoms with Gasteiger partial charge in [0.1, 0.15) is 0 Å². The fraction of sp³-hybridized carbons (Fsp3) is 0.917. The second-order valence-corrected chi connectivity index (χ2v) is 4.84. The third-order valence-electron chi connectivity index (χ3n) is 3.12. The van der Waals surface area contributed by atoms with Crippen molar-refractivity contribution in [1.29, 1.82) is 0 Å². The Hall–Kier alpha value is -0.610. The molecule has 1 aliphatic rings. The molecule has 1 N–H and O–H groups in total. The minimum atomic E-state index is -0.229. The van der Waals surface area contributed by atoms with Crippen molar-refractivity contribution < 1.29 is 9.90 Å². The molecule has 1 aliphatic heterocycles. The van der Waals surface area contributed by atoms with Crippen LogP contribution in [0.5, 0.6) is 0 Å². The van der Waals surface area contributed by atoms with Gasteiger partial charge in [-0.05, 0) is 6.42 Å². The molecule has 1 saturated heterocycles. The van der Waals surface area contributed by atoms with E-state index in [1.165, 1.54) is 0 Å². The summed E-state index contributed by atoms with van der Waals surface area (Å²) in [5.41, 5.74) is 0. The molecule has 0 saturated carbocycles. The van der Waals surface area contributed by atoms with Gasteiger partial charge in [0, 0.05) is 38.6 Å². The lowest BCUT2D eigenvalue weighted by Gasteiger charge is -2.36. The van der Waals surface area contributed by atoms with Crippen molar-refractivity contribution in [2.45, 2.75) is 33.3 Å². The van der Waals surface area contributed by atoms with Gasteiger partial charge >= 0.3 is 0 Å². The number of aliphatic hydroxyl groups is 1. The molecule has 4 heteroatoms. The maximum atomic E-state index is 11.7. The summed E-state index contributed by atoms with van der Waals surface area (Å²) in [6.07, 6.45) is 0.567. The van der Waals surface area contributed by atoms with Gasteiger partial charge in [-0.1, -0.05) is 20.8 Å². The Morgan fingerprint density at radius 1 is 1.25 bits per heavy atom. The summed E-state index contributed by atoms with van der Waals surface area (Å²) in [7, 11) is 0. The zero-order chi connectivity index (χ0) is 12.1. The van der Waals surface area contributed by atoms with E-state index in [0.29, 0.717) is 0 Å². The van der Waals surface area contributed by atoms with E-state index in [0.717, 1.165) is 39.1 Å². The SMILES string of the molecule is CC[C@H](O)CN1CCN(C(=O)C(C)C)CC1. The van der Waals surface area contributed by atoms with Gasteiger partial charge in [-0.15, -0.1) is 0 Å². The lowest BCUT2D eigenvalue weighted by molar-refractivity contribution is -0.136. The predicted octanol–water partition coefficient (Wildman–Crippen LogP) is 0.557. The van der Waals surface area contributed by atoms with Crippen LogP contribution in [-0.2, 0) is 4.79 Å². The zero-order valence-corrected chi connectivity index (χ0v) is 10.6. The van der Waals surface area contributed by atoms with Gasteiger partial charge in [0.2, 0.25) is 5.91 Å². The van der Waals surface area contributed by atoms with Crippen molar-refractivity contribution in [2.75, 3.05) is 32.7 Å². The van der Waals surface area contributed by atoms with Crippen molar-refractivity contribution in [3.8, 4) is 0 Å². The standard InChI is InChI=1S/C12H24N2O2/c1-4-11(15)9-13-5-7-14(8-6-13)12(16)10(2)3/h10-11,15H,4-9H2,1-3H3/t11-/m0/s1. The van der Waals surface area contributed by atoms with Gasteiger partial charge in [0.05, 0.1) is 6.10 Å². The van der Waals surface area contributed by atoms with Crippen LogP contribution in [0, 0.1) is 5.92 Å². The summed E-state index contributed by atoms with van der Waals surface area (Å²) in [4.78, 5) is 15.9. The summed E-state index contributed by atoms with van der Waals surface area (Å²) >= 11 is 0. The van der Waals surface area contributed by atoms with E-state index in [4.69, 9.17) is 0 Å². The molecule has 16 heavy (non-hydrogen) atoms. The number of amides is 1. The molecule has 94 valence electrons. The predicted molar refractivity (Wildman–Crippen MR) is 64.2 cm³/mol. The number of β-amino-alcohol motifs (C(OH)–C–C–N with tert-alkyl or cyclic N) is 1. The molecule has 0 spiro atoms. The normalized spacial score (nSPS) is 20.2. The number of carbonyl (C=O) groups is 1. The van der Waals surface area contributed by atoms with E-state index >= 15 is 0 Å². The van der Waals surface area contributed by atoms with Crippen LogP contribution in [0.3, 0.4) is 0 Å². The second kappa shape index (κ2) is 6.21. The summed E-state index contributed by atoms with van der Waals surface area (Å²) in [5.74, 6) is 0.337. The Bertz CT molecular complexity index is 223. The summed E-state index contributed by atoms with van der Waals surface area (Å²) in [6, 6.07) is 0. The van der Waals surface area contributed by atoms with Crippen molar-refractivity contribution in [1.82, 2.24) is 9.80 Å². The Morgan fingerprint density at radius 3 is 2.25 bits per heavy atom. The van der Waals surface area contributed by atoms with Crippen LogP contribution in [-0.4, -0.2) is 59.6 Å². The quantitative estimate of drug-likeness (QED) is 0.764. The first-order chi connectivity index (χ1) is 7.54. The third-order valence-corrected chi connectivity index (χ3v) is 3.12. The molecule has 1 rings (SSSR count). The number of piperazine rings is 1. The van der Waals surface area contributed by atoms with Crippen LogP contribution in [0.15, 0.2) is 0 Å². The first-order valence-electron chi connectivity index (χ1n) is 6.23. The van der Waals surface area contributed by atoms with E-state index in [1.807, 2.05) is 25.7 Å². The van der Waals surface area contributed by atoms with Gasteiger partial charge in [-0.3, -0.25) is 9.69 Å². The van der Waals surface area contributed by atoms with Crippen molar-refractivity contribution in [3.05, 3.63) is 0 Å². The minimum Gasteiger partial charge on any atom is -0.392 e. The molecular formula is C12H24N2O2. The highest BCUT2D eigenvalue weighted by molar-refractivity contribution is 5.78. The van der Waals surface area contributed by atoms with Crippen LogP contribution in [0.1, 0.15) is 27.2 Å². The first-order valence-corrected chi connectivity index (χ1v) is 6.23. The topological polar surface area (TPSA) is 43.8 Å². The molecule has 0 aromatic rings. The molecule has 4 nitrogen and oxygen atoms in total. The number of nitrogens with zero attached hydrogens (tertiary/aromatic N) is 2. The Morgan fingerprint density at radius 2 is 1.81 bits per heavy atom. The van der Waals surface area contributed by atoms with E-state index < -0.39 is 0 Å². The Balaban J connectivity index is 2.31. The molecule has 0 radical (unpaired) electrons. The van der Waals surface area contributed by atoms with Gasteiger partial charge < -0.3 is 10.0 Å². The summed E-state index contributed by atoms with van der Waals surface area (Å²) in [5, 5.41) is 9.55. The van der Waals surface area contributed by atoms with Crippen LogP contribution in [0.2, 0.25) is 0 Å². The fourth-order valence-corrected chi connectivity index (χ4v) is 1.94. The van der Waals surface area contributed by atoms with Gasteiger partial charge in [0.25, 0.3) is 0 Å². The van der Waals surface area contributed by atoms with Crippen molar-refractivity contribution in [3.63, 3.8) is 0 Å². The molecular weight excluding hydrogens is 204 g/mol. The minimum absolute atomic E-state index is 0.0905. The number of hydrogen-bond acceptors (Lipinski definition) is 3. The molecule has 0 aliphatic carbocycles. The average molecular weight is 228 g/mol. The zero-order valence-electron chi connectivity index (χ0n) is 10.6. The first kappa shape index (κ1) is 13.5. The van der Waals surface area contributed by atoms with Crippen molar-refractivity contribution >= 4 is 5.91 Å². The molecule has 1 atom stereocenters. The number of hydrogen-bond donors (Lipinski definition) is 1. The van der Waals surface area contributed by atoms with E-state index in [1.54, 1.807) is 0 Å². The number of rotatable bonds is 4. The highest BCUT2D eigenvalue weighted by Crippen LogP contribution is 2.08. The highest BCUT2D eigenvalue weighted by atomic mass is 16.3. The number of aliphatic hydroxyl groups excluding tert-OH is 1. The Labute approximate surface area is 98.2 Å². The Kier molecular flexibility index (Phi) is 5.22. The van der Waals surface area contributed by atoms with E-state index in [-0.39, 0.29) is 17.9 Å². The van der Waals surface area contributed by atoms with E-state index in [9.17, 15) is 9.90 Å². The maximum absolute atomic E-state index is 11.7. The lowest BCUT2D eigenvalue weighted by atomic mass is 10.1. The molecule has 0 unspecified atom stereocenters. The molecule has 1 fully saturated rings. The van der Waals surface area contributed by atoms with Crippen LogP contribution < -0.4 is 0 Å². The van der Waals surface area contributed by atoms with E-state index in [2.05, 4.69) is 4.90 Å². The number of carbonyl (C=O) groups excluding carboxylic acids is 1. The van der Waals surface area contributed by atoms with Crippen LogP contribution in [0.25, 0.3) is 0 Å². The fourth-order valence-electron chi connectivity index (χ4n) is 1.94. The summed E-state index contributed by atoms with van der Waals surface area (Å²) in [6.45, 7) is 9.97. The van der Waals surface area contributed by atoms with Crippen LogP contribution in [0.4, 0.5) is 0 Å². The average Bonchev–Trinajstić information content (AvgIpc) is 2.28. The monoisotopic (exact) mass is 228 g/mol. The maximum Gasteiger partial charge on any atom is 0.225 e. The largest absolute Gasteiger partial charge is 0.392 e. The van der Waals surface area contributed by atoms with Gasteiger partial charge in [-0.25, -0.2) is 0 Å². The molecule has 0 aromatic heterocycles. The highest BCUT2D eigenvalue weighted by Gasteiger charge is 2.23. The second-order valence-electron chi connectivity index (χ2n) is 4.84. The molecule has 0 bridgehead atoms. The van der Waals surface area contributed by atoms with Crippen molar-refractivity contribution in [2.24, 2.45) is 5.92 Å². The molecule has 0 aromatic carbocycles. The molecule has 1 heterocycles. The third kappa shape index (κ3) is 3.76. The van der Waals surface area contributed by atoms with Crippen LogP contribution >= 0.6 is 0 Å².